The van der Waals surface area contributed by atoms with Crippen LogP contribution in [0, 0.1) is 6.92 Å². The third-order valence-corrected chi connectivity index (χ3v) is 2.17. The number of benzene rings is 1. The molecule has 0 aliphatic heterocycles. The minimum atomic E-state index is 0.591. The molecule has 2 nitrogen and oxygen atoms in total. The number of aldehydes is 1. The number of ether oxygens (including phenoxy) is 1. The van der Waals surface area contributed by atoms with Gasteiger partial charge in [0, 0.05) is 0 Å². The lowest BCUT2D eigenvalue weighted by molar-refractivity contribution is 0.111. The van der Waals surface area contributed by atoms with Gasteiger partial charge in [0.05, 0.1) is 12.2 Å². The molecule has 0 aromatic heterocycles. The van der Waals surface area contributed by atoms with Crippen LogP contribution in [-0.4, -0.2) is 12.9 Å². The summed E-state index contributed by atoms with van der Waals surface area (Å²) in [6.07, 6.45) is 1.74. The summed E-state index contributed by atoms with van der Waals surface area (Å²) in [6, 6.07) is 3.94. The Morgan fingerprint density at radius 1 is 1.36 bits per heavy atom. The van der Waals surface area contributed by atoms with E-state index in [0.29, 0.717) is 17.9 Å². The van der Waals surface area contributed by atoms with Gasteiger partial charge in [0.1, 0.15) is 5.75 Å². The lowest BCUT2D eigenvalue weighted by Gasteiger charge is -2.11. The van der Waals surface area contributed by atoms with Gasteiger partial charge in [-0.3, -0.25) is 4.79 Å². The standard InChI is InChI=1S/C12H16O2/c1-4-10-6-9(3)7-12(14-5-2)11(10)8-13/h6-8H,4-5H2,1-3H3. The van der Waals surface area contributed by atoms with Crippen molar-refractivity contribution in [3.63, 3.8) is 0 Å². The van der Waals surface area contributed by atoms with Gasteiger partial charge in [-0.25, -0.2) is 0 Å². The minimum Gasteiger partial charge on any atom is -0.493 e. The smallest absolute Gasteiger partial charge is 0.154 e. The van der Waals surface area contributed by atoms with E-state index in [0.717, 1.165) is 23.8 Å². The molecule has 0 bridgehead atoms. The van der Waals surface area contributed by atoms with Gasteiger partial charge in [-0.15, -0.1) is 0 Å². The van der Waals surface area contributed by atoms with E-state index in [1.807, 2.05) is 32.9 Å². The summed E-state index contributed by atoms with van der Waals surface area (Å²) in [5.41, 5.74) is 2.89. The summed E-state index contributed by atoms with van der Waals surface area (Å²) in [7, 11) is 0. The van der Waals surface area contributed by atoms with Gasteiger partial charge in [-0.05, 0) is 37.5 Å². The Kier molecular flexibility index (Phi) is 3.69. The molecule has 0 heterocycles. The monoisotopic (exact) mass is 192 g/mol. The molecule has 0 N–H and O–H groups in total. The van der Waals surface area contributed by atoms with E-state index >= 15 is 0 Å². The second-order valence-corrected chi connectivity index (χ2v) is 3.24. The molecule has 1 rings (SSSR count). The van der Waals surface area contributed by atoms with Crippen molar-refractivity contribution < 1.29 is 9.53 Å². The summed E-state index contributed by atoms with van der Waals surface area (Å²) >= 11 is 0. The van der Waals surface area contributed by atoms with Gasteiger partial charge in [-0.1, -0.05) is 13.0 Å². The first-order valence-electron chi connectivity index (χ1n) is 4.94. The fourth-order valence-electron chi connectivity index (χ4n) is 1.54. The number of aryl methyl sites for hydroxylation is 2. The molecule has 0 aliphatic rings. The summed E-state index contributed by atoms with van der Waals surface area (Å²) < 4.78 is 5.42. The first kappa shape index (κ1) is 10.8. The Labute approximate surface area is 84.9 Å². The summed E-state index contributed by atoms with van der Waals surface area (Å²) in [4.78, 5) is 10.9. The van der Waals surface area contributed by atoms with Crippen molar-refractivity contribution >= 4 is 6.29 Å². The Morgan fingerprint density at radius 2 is 2.07 bits per heavy atom. The Morgan fingerprint density at radius 3 is 2.57 bits per heavy atom. The van der Waals surface area contributed by atoms with Crippen LogP contribution in [0.2, 0.25) is 0 Å². The Bertz CT molecular complexity index is 329. The maximum Gasteiger partial charge on any atom is 0.154 e. The van der Waals surface area contributed by atoms with Gasteiger partial charge in [0.25, 0.3) is 0 Å². The average Bonchev–Trinajstić information content (AvgIpc) is 2.17. The number of hydrogen-bond donors (Lipinski definition) is 0. The van der Waals surface area contributed by atoms with Gasteiger partial charge in [0.15, 0.2) is 6.29 Å². The molecule has 0 radical (unpaired) electrons. The second-order valence-electron chi connectivity index (χ2n) is 3.24. The van der Waals surface area contributed by atoms with Gasteiger partial charge >= 0.3 is 0 Å². The molecule has 0 fully saturated rings. The highest BCUT2D eigenvalue weighted by atomic mass is 16.5. The van der Waals surface area contributed by atoms with E-state index in [-0.39, 0.29) is 0 Å². The van der Waals surface area contributed by atoms with Crippen LogP contribution < -0.4 is 4.74 Å². The first-order chi connectivity index (χ1) is 6.72. The normalized spacial score (nSPS) is 9.93. The van der Waals surface area contributed by atoms with Crippen LogP contribution in [0.1, 0.15) is 35.3 Å². The van der Waals surface area contributed by atoms with Crippen molar-refractivity contribution in [2.24, 2.45) is 0 Å². The van der Waals surface area contributed by atoms with E-state index in [4.69, 9.17) is 4.74 Å². The predicted molar refractivity (Wildman–Crippen MR) is 57.1 cm³/mol. The van der Waals surface area contributed by atoms with Crippen LogP contribution in [-0.2, 0) is 6.42 Å². The van der Waals surface area contributed by atoms with Crippen molar-refractivity contribution in [1.82, 2.24) is 0 Å². The van der Waals surface area contributed by atoms with Gasteiger partial charge in [0.2, 0.25) is 0 Å². The van der Waals surface area contributed by atoms with Gasteiger partial charge in [-0.2, -0.15) is 0 Å². The molecule has 14 heavy (non-hydrogen) atoms. The summed E-state index contributed by atoms with van der Waals surface area (Å²) in [5, 5.41) is 0. The number of hydrogen-bond acceptors (Lipinski definition) is 2. The van der Waals surface area contributed by atoms with Crippen LogP contribution in [0.5, 0.6) is 5.75 Å². The van der Waals surface area contributed by atoms with Gasteiger partial charge < -0.3 is 4.74 Å². The second kappa shape index (κ2) is 4.80. The minimum absolute atomic E-state index is 0.591. The fraction of sp³-hybridized carbons (Fsp3) is 0.417. The molecule has 1 aromatic carbocycles. The summed E-state index contributed by atoms with van der Waals surface area (Å²) in [5.74, 6) is 0.708. The largest absolute Gasteiger partial charge is 0.493 e. The molecule has 2 heteroatoms. The fourth-order valence-corrected chi connectivity index (χ4v) is 1.54. The highest BCUT2D eigenvalue weighted by molar-refractivity contribution is 5.82. The maximum absolute atomic E-state index is 10.9. The lowest BCUT2D eigenvalue weighted by atomic mass is 10.0. The lowest BCUT2D eigenvalue weighted by Crippen LogP contribution is -2.00. The van der Waals surface area contributed by atoms with E-state index in [1.54, 1.807) is 0 Å². The molecule has 0 spiro atoms. The average molecular weight is 192 g/mol. The molecule has 76 valence electrons. The molecule has 0 aliphatic carbocycles. The highest BCUT2D eigenvalue weighted by Gasteiger charge is 2.08. The van der Waals surface area contributed by atoms with Crippen molar-refractivity contribution in [3.8, 4) is 5.75 Å². The zero-order valence-corrected chi connectivity index (χ0v) is 8.96. The van der Waals surface area contributed by atoms with E-state index in [9.17, 15) is 4.79 Å². The maximum atomic E-state index is 10.9. The van der Waals surface area contributed by atoms with Crippen molar-refractivity contribution in [2.45, 2.75) is 27.2 Å². The van der Waals surface area contributed by atoms with E-state index in [2.05, 4.69) is 0 Å². The molecule has 0 saturated carbocycles. The van der Waals surface area contributed by atoms with Crippen molar-refractivity contribution in [2.75, 3.05) is 6.61 Å². The molecule has 0 amide bonds. The number of carbonyl (C=O) groups excluding carboxylic acids is 1. The molecule has 0 atom stereocenters. The predicted octanol–water partition coefficient (Wildman–Crippen LogP) is 2.77. The number of carbonyl (C=O) groups is 1. The SMILES string of the molecule is CCOc1cc(C)cc(CC)c1C=O. The highest BCUT2D eigenvalue weighted by Crippen LogP contribution is 2.23. The molecular formula is C12H16O2. The quantitative estimate of drug-likeness (QED) is 0.686. The van der Waals surface area contributed by atoms with E-state index < -0.39 is 0 Å². The van der Waals surface area contributed by atoms with Crippen LogP contribution in [0.25, 0.3) is 0 Å². The van der Waals surface area contributed by atoms with Crippen molar-refractivity contribution in [3.05, 3.63) is 28.8 Å². The summed E-state index contributed by atoms with van der Waals surface area (Å²) in [6.45, 7) is 6.56. The third kappa shape index (κ3) is 2.13. The zero-order valence-electron chi connectivity index (χ0n) is 8.96. The zero-order chi connectivity index (χ0) is 10.6. The van der Waals surface area contributed by atoms with Crippen LogP contribution in [0.4, 0.5) is 0 Å². The van der Waals surface area contributed by atoms with Crippen LogP contribution in [0.15, 0.2) is 12.1 Å². The van der Waals surface area contributed by atoms with Crippen LogP contribution in [0.3, 0.4) is 0 Å². The Balaban J connectivity index is 3.24. The first-order valence-corrected chi connectivity index (χ1v) is 4.94. The third-order valence-electron chi connectivity index (χ3n) is 2.17. The topological polar surface area (TPSA) is 26.3 Å². The van der Waals surface area contributed by atoms with Crippen LogP contribution >= 0.6 is 0 Å². The molecule has 0 unspecified atom stereocenters. The molecular weight excluding hydrogens is 176 g/mol. The molecule has 1 aromatic rings. The van der Waals surface area contributed by atoms with Crippen molar-refractivity contribution in [1.29, 1.82) is 0 Å². The van der Waals surface area contributed by atoms with E-state index in [1.165, 1.54) is 0 Å². The molecule has 0 saturated heterocycles. The number of rotatable bonds is 4. The Hall–Kier alpha value is -1.31.